The Morgan fingerprint density at radius 3 is 3.27 bits per heavy atom. The van der Waals surface area contributed by atoms with E-state index in [1.54, 1.807) is 0 Å². The van der Waals surface area contributed by atoms with Gasteiger partial charge in [0.1, 0.15) is 18.2 Å². The van der Waals surface area contributed by atoms with Gasteiger partial charge in [-0.05, 0) is 6.42 Å². The predicted molar refractivity (Wildman–Crippen MR) is 53.8 cm³/mol. The second-order valence-electron chi connectivity index (χ2n) is 3.30. The van der Waals surface area contributed by atoms with Crippen LogP contribution in [0.2, 0.25) is 5.15 Å². The Balaban J connectivity index is 1.95. The molecule has 1 aromatic heterocycles. The average Bonchev–Trinajstić information content (AvgIpc) is 2.69. The van der Waals surface area contributed by atoms with Crippen LogP contribution < -0.4 is 5.56 Å². The lowest BCUT2D eigenvalue weighted by molar-refractivity contribution is 0.00000505. The van der Waals surface area contributed by atoms with Crippen molar-refractivity contribution in [3.05, 3.63) is 27.9 Å². The number of hydrogen-bond acceptors (Lipinski definition) is 4. The van der Waals surface area contributed by atoms with E-state index in [0.29, 0.717) is 6.61 Å². The first kappa shape index (κ1) is 10.6. The molecule has 1 fully saturated rings. The number of aromatic nitrogens is 2. The molecule has 5 nitrogen and oxygen atoms in total. The Morgan fingerprint density at radius 1 is 1.73 bits per heavy atom. The second-order valence-corrected chi connectivity index (χ2v) is 3.69. The van der Waals surface area contributed by atoms with Crippen molar-refractivity contribution in [3.63, 3.8) is 0 Å². The van der Waals surface area contributed by atoms with Crippen LogP contribution in [0, 0.1) is 0 Å². The maximum atomic E-state index is 11.4. The number of rotatable bonds is 3. The summed E-state index contributed by atoms with van der Waals surface area (Å²) in [4.78, 5) is 15.2. The molecular weight excluding hydrogens is 220 g/mol. The van der Waals surface area contributed by atoms with Crippen molar-refractivity contribution in [2.24, 2.45) is 0 Å². The number of halogens is 1. The van der Waals surface area contributed by atoms with E-state index in [9.17, 15) is 4.79 Å². The molecule has 1 aliphatic rings. The van der Waals surface area contributed by atoms with Gasteiger partial charge < -0.3 is 9.47 Å². The lowest BCUT2D eigenvalue weighted by Gasteiger charge is -2.10. The molecule has 2 rings (SSSR count). The van der Waals surface area contributed by atoms with Gasteiger partial charge in [0.15, 0.2) is 0 Å². The molecule has 0 aliphatic carbocycles. The average molecular weight is 231 g/mol. The van der Waals surface area contributed by atoms with Gasteiger partial charge in [0, 0.05) is 12.7 Å². The van der Waals surface area contributed by atoms with Gasteiger partial charge in [-0.3, -0.25) is 9.36 Å². The van der Waals surface area contributed by atoms with E-state index in [4.69, 9.17) is 21.1 Å². The predicted octanol–water partition coefficient (Wildman–Crippen LogP) is 0.660. The zero-order valence-electron chi connectivity index (χ0n) is 8.06. The van der Waals surface area contributed by atoms with E-state index in [1.807, 2.05) is 0 Å². The van der Waals surface area contributed by atoms with Crippen LogP contribution in [-0.2, 0) is 16.2 Å². The van der Waals surface area contributed by atoms with E-state index >= 15 is 0 Å². The Morgan fingerprint density at radius 2 is 2.60 bits per heavy atom. The van der Waals surface area contributed by atoms with Gasteiger partial charge in [-0.2, -0.15) is 0 Å². The summed E-state index contributed by atoms with van der Waals surface area (Å²) in [5.74, 6) is 0. The first-order chi connectivity index (χ1) is 7.25. The van der Waals surface area contributed by atoms with Crippen molar-refractivity contribution in [3.8, 4) is 0 Å². The zero-order chi connectivity index (χ0) is 10.7. The third-order valence-electron chi connectivity index (χ3n) is 2.18. The monoisotopic (exact) mass is 230 g/mol. The number of nitrogens with zero attached hydrogens (tertiary/aromatic N) is 2. The Labute approximate surface area is 91.6 Å². The third-order valence-corrected chi connectivity index (χ3v) is 2.39. The number of hydrogen-bond donors (Lipinski definition) is 0. The fourth-order valence-corrected chi connectivity index (χ4v) is 1.47. The Hall–Kier alpha value is -0.910. The molecule has 6 heteroatoms. The summed E-state index contributed by atoms with van der Waals surface area (Å²) in [6.07, 6.45) is 2.32. The van der Waals surface area contributed by atoms with E-state index in [-0.39, 0.29) is 23.5 Å². The summed E-state index contributed by atoms with van der Waals surface area (Å²) in [7, 11) is 0. The molecule has 1 atom stereocenters. The number of ether oxygens (including phenoxy) is 2. The fraction of sp³-hybridized carbons (Fsp3) is 0.556. The molecule has 82 valence electrons. The molecule has 0 bridgehead atoms. The first-order valence-electron chi connectivity index (χ1n) is 4.67. The van der Waals surface area contributed by atoms with Crippen LogP contribution in [0.3, 0.4) is 0 Å². The molecular formula is C9H11ClN2O3. The highest BCUT2D eigenvalue weighted by atomic mass is 35.5. The van der Waals surface area contributed by atoms with Crippen LogP contribution in [0.5, 0.6) is 0 Å². The van der Waals surface area contributed by atoms with Gasteiger partial charge >= 0.3 is 0 Å². The molecule has 1 aromatic rings. The van der Waals surface area contributed by atoms with Crippen molar-refractivity contribution in [2.75, 3.05) is 13.2 Å². The third kappa shape index (κ3) is 2.77. The van der Waals surface area contributed by atoms with Gasteiger partial charge in [-0.1, -0.05) is 11.6 Å². The van der Waals surface area contributed by atoms with Gasteiger partial charge in [0.05, 0.1) is 12.7 Å². The SMILES string of the molecule is O=c1cc(Cl)ncn1COC1CCOC1. The van der Waals surface area contributed by atoms with Gasteiger partial charge in [-0.15, -0.1) is 0 Å². The van der Waals surface area contributed by atoms with Crippen LogP contribution in [-0.4, -0.2) is 28.9 Å². The van der Waals surface area contributed by atoms with Crippen molar-refractivity contribution < 1.29 is 9.47 Å². The molecule has 0 N–H and O–H groups in total. The minimum Gasteiger partial charge on any atom is -0.379 e. The normalized spacial score (nSPS) is 20.7. The molecule has 0 saturated carbocycles. The lowest BCUT2D eigenvalue weighted by Crippen LogP contribution is -2.24. The molecule has 0 amide bonds. The van der Waals surface area contributed by atoms with E-state index < -0.39 is 0 Å². The van der Waals surface area contributed by atoms with Crippen molar-refractivity contribution in [1.29, 1.82) is 0 Å². The van der Waals surface area contributed by atoms with E-state index in [0.717, 1.165) is 13.0 Å². The quantitative estimate of drug-likeness (QED) is 0.716. The van der Waals surface area contributed by atoms with Crippen LogP contribution in [0.1, 0.15) is 6.42 Å². The van der Waals surface area contributed by atoms with Crippen molar-refractivity contribution >= 4 is 11.6 Å². The summed E-state index contributed by atoms with van der Waals surface area (Å²) < 4.78 is 12.0. The fourth-order valence-electron chi connectivity index (χ4n) is 1.33. The molecule has 0 spiro atoms. The molecule has 1 unspecified atom stereocenters. The summed E-state index contributed by atoms with van der Waals surface area (Å²) in [5.41, 5.74) is -0.214. The molecule has 1 aliphatic heterocycles. The molecule has 0 radical (unpaired) electrons. The van der Waals surface area contributed by atoms with Gasteiger partial charge in [0.2, 0.25) is 0 Å². The molecule has 0 aromatic carbocycles. The molecule has 15 heavy (non-hydrogen) atoms. The molecule has 2 heterocycles. The first-order valence-corrected chi connectivity index (χ1v) is 5.05. The summed E-state index contributed by atoms with van der Waals surface area (Å²) >= 11 is 5.56. The smallest absolute Gasteiger partial charge is 0.256 e. The minimum atomic E-state index is -0.214. The van der Waals surface area contributed by atoms with E-state index in [1.165, 1.54) is 17.0 Å². The summed E-state index contributed by atoms with van der Waals surface area (Å²) in [5, 5.41) is 0.195. The highest BCUT2D eigenvalue weighted by Crippen LogP contribution is 2.08. The van der Waals surface area contributed by atoms with Crippen molar-refractivity contribution in [1.82, 2.24) is 9.55 Å². The zero-order valence-corrected chi connectivity index (χ0v) is 8.81. The second kappa shape index (κ2) is 4.74. The van der Waals surface area contributed by atoms with E-state index in [2.05, 4.69) is 4.98 Å². The van der Waals surface area contributed by atoms with Gasteiger partial charge in [-0.25, -0.2) is 4.98 Å². The van der Waals surface area contributed by atoms with Crippen LogP contribution in [0.25, 0.3) is 0 Å². The summed E-state index contributed by atoms with van der Waals surface area (Å²) in [6, 6.07) is 1.26. The lowest BCUT2D eigenvalue weighted by atomic mass is 10.3. The highest BCUT2D eigenvalue weighted by molar-refractivity contribution is 6.29. The van der Waals surface area contributed by atoms with Crippen molar-refractivity contribution in [2.45, 2.75) is 19.3 Å². The summed E-state index contributed by atoms with van der Waals surface area (Å²) in [6.45, 7) is 1.51. The van der Waals surface area contributed by atoms with Crippen LogP contribution in [0.4, 0.5) is 0 Å². The van der Waals surface area contributed by atoms with Crippen LogP contribution in [0.15, 0.2) is 17.2 Å². The van der Waals surface area contributed by atoms with Crippen LogP contribution >= 0.6 is 11.6 Å². The minimum absolute atomic E-state index is 0.0765. The highest BCUT2D eigenvalue weighted by Gasteiger charge is 2.15. The standard InChI is InChI=1S/C9H11ClN2O3/c10-8-3-9(13)12(5-11-8)6-15-7-1-2-14-4-7/h3,5,7H,1-2,4,6H2. The molecule has 1 saturated heterocycles. The van der Waals surface area contributed by atoms with Gasteiger partial charge in [0.25, 0.3) is 5.56 Å². The topological polar surface area (TPSA) is 53.4 Å². The Kier molecular flexibility index (Phi) is 3.35. The Bertz CT molecular complexity index is 387. The largest absolute Gasteiger partial charge is 0.379 e. The maximum Gasteiger partial charge on any atom is 0.256 e. The maximum absolute atomic E-state index is 11.4.